The Kier molecular flexibility index (Phi) is 4.21. The smallest absolute Gasteiger partial charge is 0.198 e. The van der Waals surface area contributed by atoms with Gasteiger partial charge < -0.3 is 4.90 Å². The van der Waals surface area contributed by atoms with Crippen molar-refractivity contribution in [1.29, 1.82) is 0 Å². The highest BCUT2D eigenvalue weighted by Gasteiger charge is 2.39. The minimum Gasteiger partial charge on any atom is -0.339 e. The number of ketones is 2. The first-order valence-corrected chi connectivity index (χ1v) is 9.72. The van der Waals surface area contributed by atoms with Gasteiger partial charge in [-0.1, -0.05) is 84.9 Å². The number of rotatable bonds is 3. The molecule has 1 unspecified atom stereocenters. The molecule has 0 spiro atoms. The van der Waals surface area contributed by atoms with E-state index in [0.717, 1.165) is 16.7 Å². The predicted octanol–water partition coefficient (Wildman–Crippen LogP) is 5.28. The van der Waals surface area contributed by atoms with Gasteiger partial charge in [0.05, 0.1) is 17.3 Å². The lowest BCUT2D eigenvalue weighted by Gasteiger charge is -2.40. The van der Waals surface area contributed by atoms with Crippen molar-refractivity contribution in [3.8, 4) is 0 Å². The molecule has 0 amide bonds. The van der Waals surface area contributed by atoms with Crippen molar-refractivity contribution in [3.05, 3.63) is 119 Å². The Hall–Kier alpha value is -3.72. The molecule has 0 radical (unpaired) electrons. The number of carbonyl (C=O) groups excluding carboxylic acids is 2. The van der Waals surface area contributed by atoms with E-state index in [1.807, 2.05) is 79.0 Å². The lowest BCUT2D eigenvalue weighted by atomic mass is 9.83. The molecule has 3 aromatic carbocycles. The highest BCUT2D eigenvalue weighted by Crippen LogP contribution is 2.44. The van der Waals surface area contributed by atoms with Crippen LogP contribution in [0.3, 0.4) is 0 Å². The van der Waals surface area contributed by atoms with Gasteiger partial charge in [0.25, 0.3) is 0 Å². The molecule has 0 saturated carbocycles. The van der Waals surface area contributed by atoms with Gasteiger partial charge in [0, 0.05) is 23.7 Å². The Balaban J connectivity index is 1.73. The van der Waals surface area contributed by atoms with Crippen LogP contribution in [0.4, 0.5) is 0 Å². The van der Waals surface area contributed by atoms with E-state index in [0.29, 0.717) is 11.3 Å². The van der Waals surface area contributed by atoms with E-state index < -0.39 is 0 Å². The Morgan fingerprint density at radius 3 is 2.24 bits per heavy atom. The molecule has 0 bridgehead atoms. The van der Waals surface area contributed by atoms with E-state index >= 15 is 0 Å². The van der Waals surface area contributed by atoms with Crippen LogP contribution in [0.1, 0.15) is 39.5 Å². The lowest BCUT2D eigenvalue weighted by molar-refractivity contribution is -0.116. The molecule has 0 fully saturated rings. The molecule has 140 valence electrons. The fraction of sp³-hybridized carbons (Fsp3) is 0.0769. The van der Waals surface area contributed by atoms with E-state index in [9.17, 15) is 9.59 Å². The molecule has 2 aliphatic rings. The Labute approximate surface area is 169 Å². The fourth-order valence-electron chi connectivity index (χ4n) is 4.19. The molecule has 2 heterocycles. The zero-order valence-electron chi connectivity index (χ0n) is 15.8. The molecule has 29 heavy (non-hydrogen) atoms. The van der Waals surface area contributed by atoms with Gasteiger partial charge in [-0.25, -0.2) is 0 Å². The third-order valence-corrected chi connectivity index (χ3v) is 5.57. The quantitative estimate of drug-likeness (QED) is 0.460. The summed E-state index contributed by atoms with van der Waals surface area (Å²) in [6.07, 6.45) is 4.32. The number of benzene rings is 3. The minimum absolute atomic E-state index is 0.107. The van der Waals surface area contributed by atoms with E-state index in [1.165, 1.54) is 0 Å². The zero-order valence-corrected chi connectivity index (χ0v) is 15.8. The van der Waals surface area contributed by atoms with Crippen molar-refractivity contribution >= 4 is 23.3 Å². The van der Waals surface area contributed by atoms with Crippen molar-refractivity contribution in [2.75, 3.05) is 0 Å². The maximum Gasteiger partial charge on any atom is 0.198 e. The molecule has 2 aliphatic heterocycles. The Morgan fingerprint density at radius 1 is 0.828 bits per heavy atom. The van der Waals surface area contributed by atoms with Gasteiger partial charge >= 0.3 is 0 Å². The summed E-state index contributed by atoms with van der Waals surface area (Å²) in [5.41, 5.74) is 4.52. The van der Waals surface area contributed by atoms with Gasteiger partial charge in [-0.2, -0.15) is 0 Å². The monoisotopic (exact) mass is 377 g/mol. The van der Waals surface area contributed by atoms with E-state index in [1.54, 1.807) is 12.1 Å². The van der Waals surface area contributed by atoms with E-state index in [4.69, 9.17) is 0 Å². The second-order valence-electron chi connectivity index (χ2n) is 7.28. The number of fused-ring (bicyclic) bond motifs is 3. The average molecular weight is 377 g/mol. The molecule has 3 aromatic rings. The molecule has 0 saturated heterocycles. The second kappa shape index (κ2) is 7.02. The van der Waals surface area contributed by atoms with Crippen LogP contribution < -0.4 is 0 Å². The van der Waals surface area contributed by atoms with Gasteiger partial charge in [-0.05, 0) is 17.2 Å². The average Bonchev–Trinajstić information content (AvgIpc) is 2.79. The first-order chi connectivity index (χ1) is 14.2. The van der Waals surface area contributed by atoms with Crippen molar-refractivity contribution in [1.82, 2.24) is 4.90 Å². The van der Waals surface area contributed by atoms with Gasteiger partial charge in [0.15, 0.2) is 11.6 Å². The summed E-state index contributed by atoms with van der Waals surface area (Å²) in [5.74, 6) is -0.323. The van der Waals surface area contributed by atoms with Crippen LogP contribution in [0.15, 0.2) is 96.7 Å². The third-order valence-electron chi connectivity index (χ3n) is 5.57. The number of allylic oxidation sites excluding steroid dienone is 1. The molecule has 3 heteroatoms. The van der Waals surface area contributed by atoms with Crippen LogP contribution in [0, 0.1) is 0 Å². The third kappa shape index (κ3) is 2.92. The standard InChI is InChI=1S/C26H19NO2/c28-23-17-22(19-10-3-1-4-11-19)27-16-15-18-9-7-8-14-21(18)25(27)24(23)26(29)20-12-5-2-6-13-20/h1-16,22H,17H2. The largest absolute Gasteiger partial charge is 0.339 e. The van der Waals surface area contributed by atoms with Crippen molar-refractivity contribution in [2.24, 2.45) is 0 Å². The summed E-state index contributed by atoms with van der Waals surface area (Å²) in [6, 6.07) is 26.8. The summed E-state index contributed by atoms with van der Waals surface area (Å²) in [7, 11) is 0. The van der Waals surface area contributed by atoms with Crippen molar-refractivity contribution < 1.29 is 9.59 Å². The Bertz CT molecular complexity index is 1160. The molecule has 3 nitrogen and oxygen atoms in total. The molecular weight excluding hydrogens is 358 g/mol. The summed E-state index contributed by atoms with van der Waals surface area (Å²) < 4.78 is 0. The normalized spacial score (nSPS) is 17.7. The molecular formula is C26H19NO2. The number of hydrogen-bond donors (Lipinski definition) is 0. The lowest BCUT2D eigenvalue weighted by Crippen LogP contribution is -2.35. The van der Waals surface area contributed by atoms with Gasteiger partial charge in [0.2, 0.25) is 0 Å². The fourth-order valence-corrected chi connectivity index (χ4v) is 4.19. The molecule has 0 aromatic heterocycles. The second-order valence-corrected chi connectivity index (χ2v) is 7.28. The molecule has 1 atom stereocenters. The SMILES string of the molecule is O=C1CC(c2ccccc2)N2C=Cc3ccccc3C2=C1C(=O)c1ccccc1. The summed E-state index contributed by atoms with van der Waals surface area (Å²) >= 11 is 0. The molecule has 5 rings (SSSR count). The van der Waals surface area contributed by atoms with Crippen molar-refractivity contribution in [3.63, 3.8) is 0 Å². The van der Waals surface area contributed by atoms with Gasteiger partial charge in [0.1, 0.15) is 0 Å². The topological polar surface area (TPSA) is 37.4 Å². The van der Waals surface area contributed by atoms with Crippen molar-refractivity contribution in [2.45, 2.75) is 12.5 Å². The van der Waals surface area contributed by atoms with E-state index in [2.05, 4.69) is 11.0 Å². The minimum atomic E-state index is -0.216. The maximum atomic E-state index is 13.4. The number of carbonyl (C=O) groups is 2. The Morgan fingerprint density at radius 2 is 1.48 bits per heavy atom. The van der Waals surface area contributed by atoms with E-state index in [-0.39, 0.29) is 29.6 Å². The van der Waals surface area contributed by atoms with Crippen LogP contribution in [0.2, 0.25) is 0 Å². The highest BCUT2D eigenvalue weighted by molar-refractivity contribution is 6.31. The van der Waals surface area contributed by atoms with Crippen LogP contribution in [0.25, 0.3) is 11.8 Å². The first-order valence-electron chi connectivity index (χ1n) is 9.72. The summed E-state index contributed by atoms with van der Waals surface area (Å²) in [4.78, 5) is 28.8. The van der Waals surface area contributed by atoms with Crippen LogP contribution in [-0.2, 0) is 4.79 Å². The molecule has 0 N–H and O–H groups in total. The highest BCUT2D eigenvalue weighted by atomic mass is 16.1. The molecule has 0 aliphatic carbocycles. The van der Waals surface area contributed by atoms with Gasteiger partial charge in [-0.15, -0.1) is 0 Å². The van der Waals surface area contributed by atoms with Crippen LogP contribution in [0.5, 0.6) is 0 Å². The van der Waals surface area contributed by atoms with Crippen LogP contribution in [-0.4, -0.2) is 16.5 Å². The number of hydrogen-bond acceptors (Lipinski definition) is 3. The van der Waals surface area contributed by atoms with Gasteiger partial charge in [-0.3, -0.25) is 9.59 Å². The summed E-state index contributed by atoms with van der Waals surface area (Å²) in [5, 5.41) is 0. The number of nitrogens with zero attached hydrogens (tertiary/aromatic N) is 1. The first kappa shape index (κ1) is 17.4. The summed E-state index contributed by atoms with van der Waals surface area (Å²) in [6.45, 7) is 0. The number of Topliss-reactive ketones (excluding diaryl/α,β-unsaturated/α-hetero) is 2. The maximum absolute atomic E-state index is 13.4. The van der Waals surface area contributed by atoms with Crippen LogP contribution >= 0.6 is 0 Å². The predicted molar refractivity (Wildman–Crippen MR) is 114 cm³/mol. The zero-order chi connectivity index (χ0) is 19.8.